The Labute approximate surface area is 113 Å². The molecule has 19 heavy (non-hydrogen) atoms. The Balaban J connectivity index is 2.28. The van der Waals surface area contributed by atoms with Gasteiger partial charge in [0.15, 0.2) is 0 Å². The van der Waals surface area contributed by atoms with E-state index in [0.717, 1.165) is 16.9 Å². The quantitative estimate of drug-likeness (QED) is 0.638. The topological polar surface area (TPSA) is 60.2 Å². The maximum atomic E-state index is 5.67. The van der Waals surface area contributed by atoms with E-state index in [9.17, 15) is 0 Å². The number of nitrogens with one attached hydrogen (secondary N) is 1. The molecule has 0 aliphatic rings. The van der Waals surface area contributed by atoms with Crippen LogP contribution in [0.25, 0.3) is 0 Å². The van der Waals surface area contributed by atoms with Crippen molar-refractivity contribution in [2.75, 3.05) is 0 Å². The predicted octanol–water partition coefficient (Wildman–Crippen LogP) is 2.42. The molecule has 0 fully saturated rings. The van der Waals surface area contributed by atoms with Crippen molar-refractivity contribution >= 4 is 0 Å². The first-order valence-electron chi connectivity index (χ1n) is 6.33. The zero-order valence-electron chi connectivity index (χ0n) is 11.2. The zero-order chi connectivity index (χ0) is 13.7. The minimum absolute atomic E-state index is 0.0931. The summed E-state index contributed by atoms with van der Waals surface area (Å²) in [6, 6.07) is 11.9. The van der Waals surface area contributed by atoms with Crippen molar-refractivity contribution in [1.29, 1.82) is 0 Å². The Bertz CT molecular complexity index is 514. The van der Waals surface area contributed by atoms with Crippen LogP contribution in [-0.4, -0.2) is 11.1 Å². The number of ether oxygens (including phenoxy) is 1. The summed E-state index contributed by atoms with van der Waals surface area (Å²) in [6.45, 7) is 3.98. The van der Waals surface area contributed by atoms with Gasteiger partial charge < -0.3 is 4.74 Å². The van der Waals surface area contributed by atoms with Crippen molar-refractivity contribution in [3.05, 3.63) is 59.9 Å². The standard InChI is InChI=1S/C15H19N3O/c1-11(2)19-14-8-13(9-17-10-14)15(18-16)12-6-4-3-5-7-12/h3-11,15,18H,16H2,1-2H3. The van der Waals surface area contributed by atoms with Gasteiger partial charge in [0, 0.05) is 6.20 Å². The molecule has 1 unspecified atom stereocenters. The molecular formula is C15H19N3O. The lowest BCUT2D eigenvalue weighted by atomic mass is 10.0. The van der Waals surface area contributed by atoms with Crippen LogP contribution in [0.4, 0.5) is 0 Å². The fourth-order valence-electron chi connectivity index (χ4n) is 1.96. The van der Waals surface area contributed by atoms with Gasteiger partial charge in [-0.25, -0.2) is 5.43 Å². The SMILES string of the molecule is CC(C)Oc1cncc(C(NN)c2ccccc2)c1. The van der Waals surface area contributed by atoms with Gasteiger partial charge in [-0.05, 0) is 31.0 Å². The van der Waals surface area contributed by atoms with Crippen LogP contribution >= 0.6 is 0 Å². The van der Waals surface area contributed by atoms with E-state index in [4.69, 9.17) is 10.6 Å². The number of hydrazine groups is 1. The van der Waals surface area contributed by atoms with E-state index in [1.807, 2.05) is 50.2 Å². The van der Waals surface area contributed by atoms with Crippen LogP contribution in [0.2, 0.25) is 0 Å². The van der Waals surface area contributed by atoms with Crippen molar-refractivity contribution in [2.24, 2.45) is 5.84 Å². The van der Waals surface area contributed by atoms with Crippen molar-refractivity contribution in [3.63, 3.8) is 0 Å². The first kappa shape index (κ1) is 13.5. The molecule has 4 nitrogen and oxygen atoms in total. The second-order valence-corrected chi connectivity index (χ2v) is 4.63. The molecule has 0 amide bonds. The van der Waals surface area contributed by atoms with Crippen LogP contribution < -0.4 is 16.0 Å². The third-order valence-corrected chi connectivity index (χ3v) is 2.74. The van der Waals surface area contributed by atoms with E-state index < -0.39 is 0 Å². The maximum absolute atomic E-state index is 5.67. The molecule has 1 atom stereocenters. The van der Waals surface area contributed by atoms with Crippen molar-refractivity contribution in [1.82, 2.24) is 10.4 Å². The van der Waals surface area contributed by atoms with E-state index >= 15 is 0 Å². The van der Waals surface area contributed by atoms with Gasteiger partial charge in [0.05, 0.1) is 18.3 Å². The lowest BCUT2D eigenvalue weighted by molar-refractivity contribution is 0.241. The average Bonchev–Trinajstić information content (AvgIpc) is 2.40. The molecule has 0 aliphatic carbocycles. The lowest BCUT2D eigenvalue weighted by Crippen LogP contribution is -2.28. The highest BCUT2D eigenvalue weighted by molar-refractivity contribution is 5.33. The fraction of sp³-hybridized carbons (Fsp3) is 0.267. The molecule has 0 bridgehead atoms. The third kappa shape index (κ3) is 3.53. The maximum Gasteiger partial charge on any atom is 0.138 e. The Morgan fingerprint density at radius 1 is 1.11 bits per heavy atom. The summed E-state index contributed by atoms with van der Waals surface area (Å²) in [7, 11) is 0. The number of hydrogen-bond acceptors (Lipinski definition) is 4. The Morgan fingerprint density at radius 3 is 2.47 bits per heavy atom. The van der Waals surface area contributed by atoms with Crippen LogP contribution in [-0.2, 0) is 0 Å². The Morgan fingerprint density at radius 2 is 1.84 bits per heavy atom. The van der Waals surface area contributed by atoms with Crippen molar-refractivity contribution in [2.45, 2.75) is 26.0 Å². The molecular weight excluding hydrogens is 238 g/mol. The number of nitrogens with two attached hydrogens (primary N) is 1. The number of nitrogens with zero attached hydrogens (tertiary/aromatic N) is 1. The first-order chi connectivity index (χ1) is 9.20. The Hall–Kier alpha value is -1.91. The highest BCUT2D eigenvalue weighted by Gasteiger charge is 2.13. The summed E-state index contributed by atoms with van der Waals surface area (Å²) in [5.41, 5.74) is 4.89. The van der Waals surface area contributed by atoms with Gasteiger partial charge in [-0.1, -0.05) is 30.3 Å². The number of pyridine rings is 1. The van der Waals surface area contributed by atoms with Gasteiger partial charge in [0.1, 0.15) is 5.75 Å². The number of aromatic nitrogens is 1. The minimum atomic E-state index is -0.0931. The smallest absolute Gasteiger partial charge is 0.138 e. The van der Waals surface area contributed by atoms with Crippen molar-refractivity contribution in [3.8, 4) is 5.75 Å². The molecule has 4 heteroatoms. The molecule has 1 aromatic carbocycles. The van der Waals surface area contributed by atoms with Crippen molar-refractivity contribution < 1.29 is 4.74 Å². The van der Waals surface area contributed by atoms with Gasteiger partial charge in [-0.15, -0.1) is 0 Å². The number of hydrogen-bond donors (Lipinski definition) is 2. The van der Waals surface area contributed by atoms with Gasteiger partial charge in [0.2, 0.25) is 0 Å². The lowest BCUT2D eigenvalue weighted by Gasteiger charge is -2.18. The zero-order valence-corrected chi connectivity index (χ0v) is 11.2. The number of benzene rings is 1. The minimum Gasteiger partial charge on any atom is -0.489 e. The van der Waals surface area contributed by atoms with Gasteiger partial charge >= 0.3 is 0 Å². The monoisotopic (exact) mass is 257 g/mol. The summed E-state index contributed by atoms with van der Waals surface area (Å²) < 4.78 is 5.65. The highest BCUT2D eigenvalue weighted by atomic mass is 16.5. The predicted molar refractivity (Wildman–Crippen MR) is 75.6 cm³/mol. The molecule has 0 saturated carbocycles. The van der Waals surface area contributed by atoms with E-state index in [-0.39, 0.29) is 12.1 Å². The van der Waals surface area contributed by atoms with Crippen LogP contribution in [0.15, 0.2) is 48.8 Å². The molecule has 2 rings (SSSR count). The van der Waals surface area contributed by atoms with Crippen LogP contribution in [0, 0.1) is 0 Å². The van der Waals surface area contributed by atoms with Gasteiger partial charge in [0.25, 0.3) is 0 Å². The van der Waals surface area contributed by atoms with Gasteiger partial charge in [-0.2, -0.15) is 0 Å². The molecule has 0 spiro atoms. The summed E-state index contributed by atoms with van der Waals surface area (Å²) in [5, 5.41) is 0. The van der Waals surface area contributed by atoms with Crippen LogP contribution in [0.3, 0.4) is 0 Å². The molecule has 0 saturated heterocycles. The molecule has 3 N–H and O–H groups in total. The largest absolute Gasteiger partial charge is 0.489 e. The van der Waals surface area contributed by atoms with E-state index in [1.54, 1.807) is 12.4 Å². The summed E-state index contributed by atoms with van der Waals surface area (Å²) in [5.74, 6) is 6.42. The second kappa shape index (κ2) is 6.31. The molecule has 0 aliphatic heterocycles. The normalized spacial score (nSPS) is 12.4. The Kier molecular flexibility index (Phi) is 4.49. The third-order valence-electron chi connectivity index (χ3n) is 2.74. The van der Waals surface area contributed by atoms with E-state index in [2.05, 4.69) is 10.4 Å². The molecule has 100 valence electrons. The second-order valence-electron chi connectivity index (χ2n) is 4.63. The average molecular weight is 257 g/mol. The van der Waals surface area contributed by atoms with Crippen LogP contribution in [0.5, 0.6) is 5.75 Å². The summed E-state index contributed by atoms with van der Waals surface area (Å²) >= 11 is 0. The first-order valence-corrected chi connectivity index (χ1v) is 6.33. The summed E-state index contributed by atoms with van der Waals surface area (Å²) in [6.07, 6.45) is 3.63. The van der Waals surface area contributed by atoms with Gasteiger partial charge in [-0.3, -0.25) is 10.8 Å². The molecule has 2 aromatic rings. The van der Waals surface area contributed by atoms with E-state index in [0.29, 0.717) is 0 Å². The van der Waals surface area contributed by atoms with E-state index in [1.165, 1.54) is 0 Å². The number of rotatable bonds is 5. The van der Waals surface area contributed by atoms with Crippen LogP contribution in [0.1, 0.15) is 31.0 Å². The fourth-order valence-corrected chi connectivity index (χ4v) is 1.96. The molecule has 1 heterocycles. The summed E-state index contributed by atoms with van der Waals surface area (Å²) in [4.78, 5) is 4.21. The highest BCUT2D eigenvalue weighted by Crippen LogP contribution is 2.23. The molecule has 0 radical (unpaired) electrons. The molecule has 1 aromatic heterocycles.